The van der Waals surface area contributed by atoms with E-state index in [1.807, 2.05) is 0 Å². The third-order valence-electron chi connectivity index (χ3n) is 2.10. The van der Waals surface area contributed by atoms with Crippen molar-refractivity contribution in [2.75, 3.05) is 0 Å². The highest BCUT2D eigenvalue weighted by atomic mass is 16.3. The van der Waals surface area contributed by atoms with Gasteiger partial charge in [-0.25, -0.2) is 0 Å². The van der Waals surface area contributed by atoms with Gasteiger partial charge in [0.25, 0.3) is 0 Å². The standard InChI is InChI=1S/C7H8O2.C6H6O2/c1-5-3-2-4-6(8)7(5)9;7-5-3-1-2-4-6(5)8/h2-4,8-9H,1H3;1-4,7-8H. The van der Waals surface area contributed by atoms with Crippen LogP contribution in [0, 0.1) is 6.92 Å². The van der Waals surface area contributed by atoms with Crippen LogP contribution in [0.3, 0.4) is 0 Å². The van der Waals surface area contributed by atoms with Gasteiger partial charge in [-0.2, -0.15) is 0 Å². The Morgan fingerprint density at radius 1 is 0.647 bits per heavy atom. The Balaban J connectivity index is 0.000000171. The third kappa shape index (κ3) is 3.61. The van der Waals surface area contributed by atoms with Crippen molar-refractivity contribution < 1.29 is 20.4 Å². The molecule has 2 rings (SSSR count). The summed E-state index contributed by atoms with van der Waals surface area (Å²) in [5.41, 5.74) is 0.690. The summed E-state index contributed by atoms with van der Waals surface area (Å²) in [6.07, 6.45) is 0. The van der Waals surface area contributed by atoms with Gasteiger partial charge in [0, 0.05) is 0 Å². The molecule has 90 valence electrons. The molecule has 0 heterocycles. The minimum atomic E-state index is -0.0764. The van der Waals surface area contributed by atoms with E-state index >= 15 is 0 Å². The molecule has 0 saturated heterocycles. The molecule has 4 nitrogen and oxygen atoms in total. The molecule has 4 N–H and O–H groups in total. The topological polar surface area (TPSA) is 80.9 Å². The normalized spacial score (nSPS) is 9.24. The van der Waals surface area contributed by atoms with Crippen LogP contribution < -0.4 is 0 Å². The van der Waals surface area contributed by atoms with Crippen LogP contribution in [-0.4, -0.2) is 20.4 Å². The molecule has 2 aromatic carbocycles. The summed E-state index contributed by atoms with van der Waals surface area (Å²) in [5.74, 6) is -0.243. The summed E-state index contributed by atoms with van der Waals surface area (Å²) in [6.45, 7) is 1.73. The second-order valence-corrected chi connectivity index (χ2v) is 3.43. The van der Waals surface area contributed by atoms with E-state index in [-0.39, 0.29) is 23.0 Å². The monoisotopic (exact) mass is 234 g/mol. The quantitative estimate of drug-likeness (QED) is 0.528. The van der Waals surface area contributed by atoms with Crippen molar-refractivity contribution in [2.45, 2.75) is 6.92 Å². The van der Waals surface area contributed by atoms with Crippen molar-refractivity contribution in [3.8, 4) is 23.0 Å². The Labute approximate surface area is 99.0 Å². The van der Waals surface area contributed by atoms with E-state index in [1.54, 1.807) is 31.2 Å². The lowest BCUT2D eigenvalue weighted by Gasteiger charge is -1.97. The van der Waals surface area contributed by atoms with Gasteiger partial charge >= 0.3 is 0 Å². The molecule has 0 aromatic heterocycles. The summed E-state index contributed by atoms with van der Waals surface area (Å²) in [4.78, 5) is 0. The Kier molecular flexibility index (Phi) is 4.22. The number of rotatable bonds is 0. The molecular weight excluding hydrogens is 220 g/mol. The molecule has 0 atom stereocenters. The van der Waals surface area contributed by atoms with E-state index in [4.69, 9.17) is 20.4 Å². The first kappa shape index (κ1) is 12.7. The average Bonchev–Trinajstić information content (AvgIpc) is 2.31. The lowest BCUT2D eigenvalue weighted by Crippen LogP contribution is -1.72. The van der Waals surface area contributed by atoms with Gasteiger partial charge in [-0.05, 0) is 30.7 Å². The zero-order valence-corrected chi connectivity index (χ0v) is 9.33. The Hall–Kier alpha value is -2.36. The minimum Gasteiger partial charge on any atom is -0.504 e. The van der Waals surface area contributed by atoms with Crippen LogP contribution in [0.15, 0.2) is 42.5 Å². The number of hydrogen-bond donors (Lipinski definition) is 4. The second-order valence-electron chi connectivity index (χ2n) is 3.43. The molecule has 0 spiro atoms. The molecule has 17 heavy (non-hydrogen) atoms. The second kappa shape index (κ2) is 5.65. The highest BCUT2D eigenvalue weighted by Gasteiger charge is 1.98. The van der Waals surface area contributed by atoms with Crippen LogP contribution in [0.1, 0.15) is 5.56 Å². The molecule has 0 amide bonds. The fourth-order valence-electron chi connectivity index (χ4n) is 1.11. The molecule has 0 saturated carbocycles. The molecule has 2 aromatic rings. The van der Waals surface area contributed by atoms with Crippen LogP contribution in [-0.2, 0) is 0 Å². The highest BCUT2D eigenvalue weighted by molar-refractivity contribution is 5.43. The Bertz CT molecular complexity index is 453. The summed E-state index contributed by atoms with van der Waals surface area (Å²) < 4.78 is 0. The molecule has 0 aliphatic heterocycles. The first-order valence-corrected chi connectivity index (χ1v) is 4.97. The van der Waals surface area contributed by atoms with Gasteiger partial charge in [0.15, 0.2) is 23.0 Å². The lowest BCUT2D eigenvalue weighted by molar-refractivity contribution is 0.401. The van der Waals surface area contributed by atoms with Gasteiger partial charge in [0.2, 0.25) is 0 Å². The van der Waals surface area contributed by atoms with Gasteiger partial charge < -0.3 is 20.4 Å². The van der Waals surface area contributed by atoms with E-state index in [1.165, 1.54) is 18.2 Å². The maximum Gasteiger partial charge on any atom is 0.160 e. The van der Waals surface area contributed by atoms with Crippen molar-refractivity contribution in [1.82, 2.24) is 0 Å². The maximum absolute atomic E-state index is 8.96. The third-order valence-corrected chi connectivity index (χ3v) is 2.10. The van der Waals surface area contributed by atoms with E-state index in [2.05, 4.69) is 0 Å². The van der Waals surface area contributed by atoms with Gasteiger partial charge in [-0.15, -0.1) is 0 Å². The van der Waals surface area contributed by atoms with Crippen molar-refractivity contribution in [1.29, 1.82) is 0 Å². The first-order valence-electron chi connectivity index (χ1n) is 4.97. The molecule has 0 aliphatic carbocycles. The highest BCUT2D eigenvalue weighted by Crippen LogP contribution is 2.26. The molecule has 0 bridgehead atoms. The van der Waals surface area contributed by atoms with Gasteiger partial charge in [-0.3, -0.25) is 0 Å². The van der Waals surface area contributed by atoms with Gasteiger partial charge in [-0.1, -0.05) is 24.3 Å². The lowest BCUT2D eigenvalue weighted by atomic mass is 10.2. The minimum absolute atomic E-state index is 0.0301. The number of benzene rings is 2. The summed E-state index contributed by atoms with van der Waals surface area (Å²) >= 11 is 0. The smallest absolute Gasteiger partial charge is 0.160 e. The molecule has 4 heteroatoms. The Morgan fingerprint density at radius 2 is 1.12 bits per heavy atom. The van der Waals surface area contributed by atoms with Crippen molar-refractivity contribution >= 4 is 0 Å². The first-order chi connectivity index (χ1) is 8.02. The number of phenolic OH excluding ortho intramolecular Hbond substituents is 4. The maximum atomic E-state index is 8.96. The number of hydrogen-bond acceptors (Lipinski definition) is 4. The van der Waals surface area contributed by atoms with Crippen molar-refractivity contribution in [2.24, 2.45) is 0 Å². The molecule has 0 radical (unpaired) electrons. The van der Waals surface area contributed by atoms with Crippen molar-refractivity contribution in [3.05, 3.63) is 48.0 Å². The zero-order chi connectivity index (χ0) is 12.8. The largest absolute Gasteiger partial charge is 0.504 e. The predicted octanol–water partition coefficient (Wildman–Crippen LogP) is 2.50. The van der Waals surface area contributed by atoms with Crippen LogP contribution >= 0.6 is 0 Å². The SMILES string of the molecule is Cc1cccc(O)c1O.Oc1ccccc1O. The zero-order valence-electron chi connectivity index (χ0n) is 9.33. The van der Waals surface area contributed by atoms with Gasteiger partial charge in [0.05, 0.1) is 0 Å². The molecule has 0 aliphatic rings. The van der Waals surface area contributed by atoms with E-state index in [9.17, 15) is 0 Å². The van der Waals surface area contributed by atoms with E-state index in [0.717, 1.165) is 0 Å². The predicted molar refractivity (Wildman–Crippen MR) is 64.3 cm³/mol. The molecular formula is C13H14O4. The number of phenols is 4. The van der Waals surface area contributed by atoms with Crippen molar-refractivity contribution in [3.63, 3.8) is 0 Å². The molecule has 0 unspecified atom stereocenters. The molecule has 0 fully saturated rings. The van der Waals surface area contributed by atoms with Crippen LogP contribution in [0.2, 0.25) is 0 Å². The summed E-state index contributed by atoms with van der Waals surface area (Å²) in [6, 6.07) is 11.0. The van der Waals surface area contributed by atoms with Crippen LogP contribution in [0.25, 0.3) is 0 Å². The fraction of sp³-hybridized carbons (Fsp3) is 0.0769. The summed E-state index contributed by atoms with van der Waals surface area (Å²) in [7, 11) is 0. The van der Waals surface area contributed by atoms with Crippen LogP contribution in [0.4, 0.5) is 0 Å². The summed E-state index contributed by atoms with van der Waals surface area (Å²) in [5, 5.41) is 35.1. The van der Waals surface area contributed by atoms with E-state index < -0.39 is 0 Å². The number of aryl methyl sites for hydroxylation is 1. The number of aromatic hydroxyl groups is 4. The van der Waals surface area contributed by atoms with Gasteiger partial charge in [0.1, 0.15) is 0 Å². The Morgan fingerprint density at radius 3 is 1.47 bits per heavy atom. The van der Waals surface area contributed by atoms with E-state index in [0.29, 0.717) is 5.56 Å². The number of para-hydroxylation sites is 3. The fourth-order valence-corrected chi connectivity index (χ4v) is 1.11. The average molecular weight is 234 g/mol. The van der Waals surface area contributed by atoms with Crippen LogP contribution in [0.5, 0.6) is 23.0 Å².